The highest BCUT2D eigenvalue weighted by atomic mass is 32.2. The molecule has 2 N–H and O–H groups in total. The maximum Gasteiger partial charge on any atom is 0.259 e. The van der Waals surface area contributed by atoms with Crippen molar-refractivity contribution in [2.45, 2.75) is 114 Å². The number of hydrogen-bond donors (Lipinski definition) is 2. The highest BCUT2D eigenvalue weighted by Gasteiger charge is 2.63. The van der Waals surface area contributed by atoms with E-state index in [2.05, 4.69) is 23.9 Å². The molecule has 7 rings (SSSR count). The summed E-state index contributed by atoms with van der Waals surface area (Å²) in [5.74, 6) is -0.637. The van der Waals surface area contributed by atoms with Crippen molar-refractivity contribution in [2.24, 2.45) is 5.92 Å². The third kappa shape index (κ3) is 7.22. The van der Waals surface area contributed by atoms with Crippen LogP contribution in [0.4, 0.5) is 0 Å². The Kier molecular flexibility index (Phi) is 10.3. The zero-order valence-electron chi connectivity index (χ0n) is 31.6. The number of rotatable bonds is 8. The van der Waals surface area contributed by atoms with Crippen LogP contribution >= 0.6 is 11.3 Å². The first-order chi connectivity index (χ1) is 25.7. The number of fused-ring (bicyclic) bond motifs is 3. The molecule has 5 unspecified atom stereocenters. The number of benzene rings is 1. The number of carbonyl (C=O) groups is 3. The monoisotopic (exact) mass is 779 g/mol. The molecule has 0 radical (unpaired) electrons. The van der Waals surface area contributed by atoms with Crippen LogP contribution in [0, 0.1) is 12.8 Å². The standard InChI is InChI=1S/C39H49N5O8S2/c1-22(2)29-21-53-35(41-29)28-18-32(27-12-13-31(50-6)23(3)33(27)40-28)52-26-17-30-34(45)42-39(37(47)43-54(48,49)38(5)14-15-38)19-25(39)11-9-7-8-10-16-51-24(4)36(46)44(30)20-26/h9,11-13,18,21-22,24-26,30H,7-8,10,14-17,19-20H2,1-6H3,(H,42,45)(H,43,47). The van der Waals surface area contributed by atoms with Crippen LogP contribution in [0.15, 0.2) is 35.7 Å². The Balaban J connectivity index is 1.21. The topological polar surface area (TPSA) is 166 Å². The number of thiazole rings is 1. The summed E-state index contributed by atoms with van der Waals surface area (Å²) in [7, 11) is -2.34. The maximum absolute atomic E-state index is 14.3. The number of allylic oxidation sites excluding steroid dienone is 1. The molecule has 15 heteroatoms. The van der Waals surface area contributed by atoms with Gasteiger partial charge in [0.15, 0.2) is 0 Å². The van der Waals surface area contributed by atoms with Crippen LogP contribution in [-0.4, -0.2) is 89.8 Å². The molecule has 2 aromatic heterocycles. The van der Waals surface area contributed by atoms with Crippen LogP contribution in [0.3, 0.4) is 0 Å². The van der Waals surface area contributed by atoms with Gasteiger partial charge >= 0.3 is 0 Å². The lowest BCUT2D eigenvalue weighted by molar-refractivity contribution is -0.147. The molecule has 5 atom stereocenters. The smallest absolute Gasteiger partial charge is 0.259 e. The third-order valence-corrected chi connectivity index (χ3v) is 14.3. The highest BCUT2D eigenvalue weighted by Crippen LogP contribution is 2.48. The second kappa shape index (κ2) is 14.5. The van der Waals surface area contributed by atoms with E-state index in [1.54, 1.807) is 21.0 Å². The maximum atomic E-state index is 14.3. The Morgan fingerprint density at radius 2 is 1.94 bits per heavy atom. The number of aromatic nitrogens is 2. The van der Waals surface area contributed by atoms with E-state index in [1.165, 1.54) is 16.2 Å². The molecule has 2 aliphatic carbocycles. The van der Waals surface area contributed by atoms with Crippen LogP contribution in [-0.2, 0) is 29.1 Å². The largest absolute Gasteiger partial charge is 0.496 e. The number of nitrogens with one attached hydrogen (secondary N) is 2. The van der Waals surface area contributed by atoms with Crippen molar-refractivity contribution in [3.8, 4) is 22.2 Å². The molecule has 3 fully saturated rings. The fraction of sp³-hybridized carbons (Fsp3) is 0.564. The first-order valence-corrected chi connectivity index (χ1v) is 21.1. The molecule has 2 saturated carbocycles. The van der Waals surface area contributed by atoms with E-state index in [1.807, 2.05) is 42.7 Å². The van der Waals surface area contributed by atoms with Crippen molar-refractivity contribution in [1.82, 2.24) is 24.9 Å². The lowest BCUT2D eigenvalue weighted by Crippen LogP contribution is -2.57. The third-order valence-electron chi connectivity index (χ3n) is 11.3. The Morgan fingerprint density at radius 1 is 1.17 bits per heavy atom. The summed E-state index contributed by atoms with van der Waals surface area (Å²) in [6.45, 7) is 9.85. The van der Waals surface area contributed by atoms with Gasteiger partial charge in [-0.25, -0.2) is 18.4 Å². The normalized spacial score (nSPS) is 27.1. The van der Waals surface area contributed by atoms with Gasteiger partial charge in [0.2, 0.25) is 15.9 Å². The Morgan fingerprint density at radius 3 is 2.65 bits per heavy atom. The van der Waals surface area contributed by atoms with Crippen LogP contribution < -0.4 is 19.5 Å². The van der Waals surface area contributed by atoms with Gasteiger partial charge in [-0.15, -0.1) is 11.3 Å². The minimum Gasteiger partial charge on any atom is -0.496 e. The van der Waals surface area contributed by atoms with Gasteiger partial charge in [0.25, 0.3) is 11.8 Å². The van der Waals surface area contributed by atoms with Gasteiger partial charge < -0.3 is 24.4 Å². The van der Waals surface area contributed by atoms with E-state index in [0.29, 0.717) is 42.2 Å². The number of hydrogen-bond acceptors (Lipinski definition) is 11. The number of methoxy groups -OCH3 is 1. The number of sulfonamides is 1. The summed E-state index contributed by atoms with van der Waals surface area (Å²) in [4.78, 5) is 53.5. The zero-order chi connectivity index (χ0) is 38.6. The summed E-state index contributed by atoms with van der Waals surface area (Å²) in [6.07, 6.45) is 5.95. The molecule has 54 heavy (non-hydrogen) atoms. The average Bonchev–Trinajstić information content (AvgIpc) is 3.90. The van der Waals surface area contributed by atoms with E-state index in [-0.39, 0.29) is 31.2 Å². The SMILES string of the molecule is COc1ccc2c(OC3CC4C(=O)NC5(C(=O)NS(=O)(=O)C6(C)CC6)CC5C=CCCCCOC(C)C(=O)N4C3)cc(-c3nc(C(C)C)cs3)nc2c1C. The summed E-state index contributed by atoms with van der Waals surface area (Å²) < 4.78 is 45.8. The molecule has 0 spiro atoms. The van der Waals surface area contributed by atoms with Gasteiger partial charge in [0.1, 0.15) is 46.0 Å². The molecule has 4 aliphatic rings. The summed E-state index contributed by atoms with van der Waals surface area (Å²) in [5, 5.41) is 6.43. The number of carbonyl (C=O) groups excluding carboxylic acids is 3. The van der Waals surface area contributed by atoms with Gasteiger partial charge in [0.05, 0.1) is 29.6 Å². The lowest BCUT2D eigenvalue weighted by Gasteiger charge is -2.28. The molecule has 13 nitrogen and oxygen atoms in total. The van der Waals surface area contributed by atoms with Crippen LogP contribution in [0.25, 0.3) is 21.6 Å². The number of amides is 3. The van der Waals surface area contributed by atoms with Crippen molar-refractivity contribution in [3.63, 3.8) is 0 Å². The van der Waals surface area contributed by atoms with Crippen molar-refractivity contribution >= 4 is 50.0 Å². The summed E-state index contributed by atoms with van der Waals surface area (Å²) >= 11 is 1.50. The fourth-order valence-electron chi connectivity index (χ4n) is 7.29. The van der Waals surface area contributed by atoms with Crippen LogP contribution in [0.2, 0.25) is 0 Å². The number of ether oxygens (including phenoxy) is 3. The molecule has 1 saturated heterocycles. The molecule has 2 aliphatic heterocycles. The number of pyridine rings is 1. The fourth-order valence-corrected chi connectivity index (χ4v) is 9.54. The Hall–Kier alpha value is -4.08. The van der Waals surface area contributed by atoms with Crippen molar-refractivity contribution in [3.05, 3.63) is 47.0 Å². The quantitative estimate of drug-likeness (QED) is 0.292. The van der Waals surface area contributed by atoms with Crippen molar-refractivity contribution < 1.29 is 37.0 Å². The van der Waals surface area contributed by atoms with E-state index in [0.717, 1.165) is 40.9 Å². The molecular weight excluding hydrogens is 731 g/mol. The van der Waals surface area contributed by atoms with E-state index in [9.17, 15) is 22.8 Å². The van der Waals surface area contributed by atoms with Crippen molar-refractivity contribution in [2.75, 3.05) is 20.3 Å². The van der Waals surface area contributed by atoms with Gasteiger partial charge in [-0.3, -0.25) is 19.1 Å². The second-order valence-electron chi connectivity index (χ2n) is 15.6. The average molecular weight is 780 g/mol. The Labute approximate surface area is 320 Å². The second-order valence-corrected chi connectivity index (χ2v) is 18.7. The molecule has 3 amide bonds. The van der Waals surface area contributed by atoms with Crippen LogP contribution in [0.5, 0.6) is 11.5 Å². The van der Waals surface area contributed by atoms with Gasteiger partial charge in [-0.1, -0.05) is 26.0 Å². The van der Waals surface area contributed by atoms with E-state index < -0.39 is 56.3 Å². The van der Waals surface area contributed by atoms with Crippen molar-refractivity contribution in [1.29, 1.82) is 0 Å². The summed E-state index contributed by atoms with van der Waals surface area (Å²) in [5.41, 5.74) is 1.64. The van der Waals surface area contributed by atoms with Crippen LogP contribution in [0.1, 0.15) is 89.8 Å². The van der Waals surface area contributed by atoms with Gasteiger partial charge in [-0.05, 0) is 77.3 Å². The predicted octanol–water partition coefficient (Wildman–Crippen LogP) is 5.17. The van der Waals surface area contributed by atoms with Gasteiger partial charge in [0, 0.05) is 41.3 Å². The number of nitrogens with zero attached hydrogens (tertiary/aromatic N) is 3. The molecule has 1 aromatic carbocycles. The first-order valence-electron chi connectivity index (χ1n) is 18.7. The van der Waals surface area contributed by atoms with E-state index in [4.69, 9.17) is 24.2 Å². The minimum absolute atomic E-state index is 0.0862. The molecule has 3 aromatic rings. The molecule has 290 valence electrons. The van der Waals surface area contributed by atoms with Gasteiger partial charge in [-0.2, -0.15) is 0 Å². The number of aryl methyl sites for hydroxylation is 1. The Bertz CT molecular complexity index is 2110. The molecular formula is C39H49N5O8S2. The molecule has 0 bridgehead atoms. The lowest BCUT2D eigenvalue weighted by atomic mass is 10.1. The predicted molar refractivity (Wildman–Crippen MR) is 205 cm³/mol. The highest BCUT2D eigenvalue weighted by molar-refractivity contribution is 7.91. The van der Waals surface area contributed by atoms with E-state index >= 15 is 0 Å². The molecule has 4 heterocycles. The summed E-state index contributed by atoms with van der Waals surface area (Å²) in [6, 6.07) is 4.58. The minimum atomic E-state index is -3.95. The zero-order valence-corrected chi connectivity index (χ0v) is 33.3. The first kappa shape index (κ1) is 38.2.